The van der Waals surface area contributed by atoms with Crippen LogP contribution in [0.5, 0.6) is 5.75 Å². The van der Waals surface area contributed by atoms with E-state index in [4.69, 9.17) is 32.4 Å². The molecular formula is C18H16Cl2N4O4. The average Bonchev–Trinajstić information content (AvgIpc) is 3.27. The first-order valence-electron chi connectivity index (χ1n) is 8.11. The number of anilines is 1. The van der Waals surface area contributed by atoms with E-state index in [1.807, 2.05) is 0 Å². The lowest BCUT2D eigenvalue weighted by Gasteiger charge is -2.06. The van der Waals surface area contributed by atoms with Crippen molar-refractivity contribution in [3.8, 4) is 5.75 Å². The minimum atomic E-state index is -0.520. The quantitative estimate of drug-likeness (QED) is 0.633. The van der Waals surface area contributed by atoms with E-state index in [1.165, 1.54) is 24.0 Å². The predicted molar refractivity (Wildman–Crippen MR) is 104 cm³/mol. The van der Waals surface area contributed by atoms with Gasteiger partial charge in [0.1, 0.15) is 18.1 Å². The van der Waals surface area contributed by atoms with E-state index in [9.17, 15) is 9.59 Å². The lowest BCUT2D eigenvalue weighted by atomic mass is 10.3. The molecule has 1 aromatic carbocycles. The molecule has 146 valence electrons. The van der Waals surface area contributed by atoms with Gasteiger partial charge in [0.2, 0.25) is 0 Å². The normalized spacial score (nSPS) is 10.6. The summed E-state index contributed by atoms with van der Waals surface area (Å²) in [6.07, 6.45) is 1.53. The van der Waals surface area contributed by atoms with Gasteiger partial charge in [0.25, 0.3) is 11.8 Å². The number of carbonyl (C=O) groups excluding carboxylic acids is 2. The Morgan fingerprint density at radius 3 is 2.71 bits per heavy atom. The van der Waals surface area contributed by atoms with Crippen LogP contribution in [0.25, 0.3) is 0 Å². The van der Waals surface area contributed by atoms with Crippen LogP contribution in [0.2, 0.25) is 10.0 Å². The molecule has 0 fully saturated rings. The Labute approximate surface area is 170 Å². The van der Waals surface area contributed by atoms with Crippen molar-refractivity contribution in [2.24, 2.45) is 7.05 Å². The number of aromatic nitrogens is 2. The highest BCUT2D eigenvalue weighted by atomic mass is 35.5. The summed E-state index contributed by atoms with van der Waals surface area (Å²) in [6.45, 7) is 0.0744. The van der Waals surface area contributed by atoms with Crippen LogP contribution in [0.3, 0.4) is 0 Å². The molecule has 2 N–H and O–H groups in total. The van der Waals surface area contributed by atoms with Crippen LogP contribution in [0.4, 0.5) is 5.69 Å². The molecule has 3 rings (SSSR count). The first-order valence-corrected chi connectivity index (χ1v) is 8.86. The fraction of sp³-hybridized carbons (Fsp3) is 0.167. The third kappa shape index (κ3) is 4.47. The molecule has 0 aliphatic rings. The second-order valence-corrected chi connectivity index (χ2v) is 6.57. The molecule has 0 radical (unpaired) electrons. The SMILES string of the molecule is CNC(=O)c1nn(C)cc1NC(=O)c1ccc(COc2ccc(Cl)cc2Cl)o1. The number of rotatable bonds is 6. The number of nitrogens with one attached hydrogen (secondary N) is 2. The zero-order chi connectivity index (χ0) is 20.3. The molecule has 2 heterocycles. The van der Waals surface area contributed by atoms with Crippen molar-refractivity contribution < 1.29 is 18.7 Å². The standard InChI is InChI=1S/C18H16Cl2N4O4/c1-21-18(26)16-13(8-24(2)23-16)22-17(25)15-6-4-11(28-15)9-27-14-5-3-10(19)7-12(14)20/h3-8H,9H2,1-2H3,(H,21,26)(H,22,25). The molecule has 10 heteroatoms. The fourth-order valence-corrected chi connectivity index (χ4v) is 2.83. The lowest BCUT2D eigenvalue weighted by molar-refractivity contribution is 0.0958. The predicted octanol–water partition coefficient (Wildman–Crippen LogP) is 3.51. The van der Waals surface area contributed by atoms with Crippen molar-refractivity contribution in [2.45, 2.75) is 6.61 Å². The highest BCUT2D eigenvalue weighted by Crippen LogP contribution is 2.28. The van der Waals surface area contributed by atoms with Crippen LogP contribution in [0.15, 0.2) is 40.9 Å². The number of nitrogens with zero attached hydrogens (tertiary/aromatic N) is 2. The van der Waals surface area contributed by atoms with Crippen molar-refractivity contribution in [3.05, 3.63) is 63.8 Å². The monoisotopic (exact) mass is 422 g/mol. The summed E-state index contributed by atoms with van der Waals surface area (Å²) in [6, 6.07) is 7.98. The minimum absolute atomic E-state index is 0.0625. The van der Waals surface area contributed by atoms with Gasteiger partial charge in [-0.1, -0.05) is 23.2 Å². The molecule has 8 nitrogen and oxygen atoms in total. The number of furan rings is 1. The zero-order valence-corrected chi connectivity index (χ0v) is 16.5. The number of hydrogen-bond donors (Lipinski definition) is 2. The molecule has 0 spiro atoms. The van der Waals surface area contributed by atoms with Crippen LogP contribution in [0, 0.1) is 0 Å². The van der Waals surface area contributed by atoms with Gasteiger partial charge >= 0.3 is 0 Å². The van der Waals surface area contributed by atoms with Crippen molar-refractivity contribution in [3.63, 3.8) is 0 Å². The van der Waals surface area contributed by atoms with Gasteiger partial charge in [-0.2, -0.15) is 5.10 Å². The first kappa shape index (κ1) is 19.8. The number of amides is 2. The van der Waals surface area contributed by atoms with Crippen molar-refractivity contribution in [1.82, 2.24) is 15.1 Å². The highest BCUT2D eigenvalue weighted by molar-refractivity contribution is 6.35. The maximum atomic E-state index is 12.4. The van der Waals surface area contributed by atoms with E-state index in [0.29, 0.717) is 21.6 Å². The molecule has 2 amide bonds. The molecule has 0 saturated heterocycles. The maximum absolute atomic E-state index is 12.4. The van der Waals surface area contributed by atoms with Crippen molar-refractivity contribution in [1.29, 1.82) is 0 Å². The summed E-state index contributed by atoms with van der Waals surface area (Å²) >= 11 is 11.9. The molecule has 28 heavy (non-hydrogen) atoms. The minimum Gasteiger partial charge on any atom is -0.484 e. The summed E-state index contributed by atoms with van der Waals surface area (Å²) in [5.74, 6) is -0.00126. The summed E-state index contributed by atoms with van der Waals surface area (Å²) in [7, 11) is 3.13. The molecule has 0 aliphatic carbocycles. The van der Waals surface area contributed by atoms with Crippen molar-refractivity contribution >= 4 is 40.7 Å². The number of benzene rings is 1. The topological polar surface area (TPSA) is 98.4 Å². The fourth-order valence-electron chi connectivity index (χ4n) is 2.37. The Morgan fingerprint density at radius 1 is 1.21 bits per heavy atom. The van der Waals surface area contributed by atoms with Gasteiger partial charge in [0.05, 0.1) is 10.7 Å². The van der Waals surface area contributed by atoms with E-state index in [-0.39, 0.29) is 23.7 Å². The van der Waals surface area contributed by atoms with E-state index in [0.717, 1.165) is 0 Å². The second kappa shape index (κ2) is 8.37. The summed E-state index contributed by atoms with van der Waals surface area (Å²) < 4.78 is 12.5. The Balaban J connectivity index is 1.67. The second-order valence-electron chi connectivity index (χ2n) is 5.73. The third-order valence-corrected chi connectivity index (χ3v) is 4.20. The highest BCUT2D eigenvalue weighted by Gasteiger charge is 2.19. The summed E-state index contributed by atoms with van der Waals surface area (Å²) in [5, 5.41) is 9.98. The smallest absolute Gasteiger partial charge is 0.291 e. The Hall–Kier alpha value is -2.97. The van der Waals surface area contributed by atoms with Gasteiger partial charge in [0.15, 0.2) is 11.5 Å². The van der Waals surface area contributed by atoms with Crippen molar-refractivity contribution in [2.75, 3.05) is 12.4 Å². The van der Waals surface area contributed by atoms with Gasteiger partial charge in [-0.05, 0) is 30.3 Å². The summed E-state index contributed by atoms with van der Waals surface area (Å²) in [5.41, 5.74) is 0.375. The summed E-state index contributed by atoms with van der Waals surface area (Å²) in [4.78, 5) is 24.3. The number of halogens is 2. The van der Waals surface area contributed by atoms with Gasteiger partial charge in [-0.3, -0.25) is 14.3 Å². The molecule has 0 atom stereocenters. The molecule has 0 bridgehead atoms. The Morgan fingerprint density at radius 2 is 2.00 bits per heavy atom. The van der Waals surface area contributed by atoms with Crippen LogP contribution in [-0.4, -0.2) is 28.6 Å². The zero-order valence-electron chi connectivity index (χ0n) is 15.0. The Kier molecular flexibility index (Phi) is 5.91. The number of aryl methyl sites for hydroxylation is 1. The molecular weight excluding hydrogens is 407 g/mol. The van der Waals surface area contributed by atoms with Gasteiger partial charge in [-0.25, -0.2) is 0 Å². The van der Waals surface area contributed by atoms with Gasteiger partial charge < -0.3 is 19.8 Å². The average molecular weight is 423 g/mol. The number of hydrogen-bond acceptors (Lipinski definition) is 5. The third-order valence-electron chi connectivity index (χ3n) is 3.67. The van der Waals surface area contributed by atoms with E-state index < -0.39 is 11.8 Å². The molecule has 0 aliphatic heterocycles. The Bertz CT molecular complexity index is 1030. The largest absolute Gasteiger partial charge is 0.484 e. The van der Waals surface area contributed by atoms with Crippen LogP contribution >= 0.6 is 23.2 Å². The van der Waals surface area contributed by atoms with Crippen LogP contribution < -0.4 is 15.4 Å². The van der Waals surface area contributed by atoms with Gasteiger partial charge in [-0.15, -0.1) is 0 Å². The van der Waals surface area contributed by atoms with E-state index >= 15 is 0 Å². The van der Waals surface area contributed by atoms with Gasteiger partial charge in [0, 0.05) is 25.3 Å². The van der Waals surface area contributed by atoms with E-state index in [2.05, 4.69) is 15.7 Å². The molecule has 2 aromatic heterocycles. The van der Waals surface area contributed by atoms with Crippen LogP contribution in [0.1, 0.15) is 26.8 Å². The van der Waals surface area contributed by atoms with E-state index in [1.54, 1.807) is 31.3 Å². The molecule has 0 saturated carbocycles. The molecule has 3 aromatic rings. The lowest BCUT2D eigenvalue weighted by Crippen LogP contribution is -2.21. The molecule has 0 unspecified atom stereocenters. The maximum Gasteiger partial charge on any atom is 0.291 e. The first-order chi connectivity index (χ1) is 13.4. The number of carbonyl (C=O) groups is 2. The number of ether oxygens (including phenoxy) is 1. The van der Waals surface area contributed by atoms with Crippen LogP contribution in [-0.2, 0) is 13.7 Å².